The molecule has 0 aliphatic heterocycles. The maximum Gasteiger partial charge on any atom is 0.146 e. The van der Waals surface area contributed by atoms with Gasteiger partial charge >= 0.3 is 0 Å². The van der Waals surface area contributed by atoms with Gasteiger partial charge in [0.15, 0.2) is 0 Å². The smallest absolute Gasteiger partial charge is 0.146 e. The summed E-state index contributed by atoms with van der Waals surface area (Å²) in [7, 11) is 0. The Labute approximate surface area is 91.8 Å². The van der Waals surface area contributed by atoms with Crippen molar-refractivity contribution in [2.24, 2.45) is 0 Å². The molecule has 0 nitrogen and oxygen atoms in total. The first kappa shape index (κ1) is 11.7. The van der Waals surface area contributed by atoms with Gasteiger partial charge in [-0.15, -0.1) is 0 Å². The third-order valence-corrected chi connectivity index (χ3v) is 2.71. The van der Waals surface area contributed by atoms with Crippen LogP contribution in [0.2, 0.25) is 10.0 Å². The van der Waals surface area contributed by atoms with E-state index in [4.69, 9.17) is 23.2 Å². The summed E-state index contributed by atoms with van der Waals surface area (Å²) in [5, 5.41) is -0.269. The van der Waals surface area contributed by atoms with Crippen molar-refractivity contribution in [2.75, 3.05) is 0 Å². The van der Waals surface area contributed by atoms with E-state index in [0.717, 1.165) is 6.07 Å². The number of hydrogen-bond donors (Lipinski definition) is 0. The van der Waals surface area contributed by atoms with Gasteiger partial charge in [0.25, 0.3) is 0 Å². The van der Waals surface area contributed by atoms with Crippen LogP contribution in [0.1, 0.15) is 26.3 Å². The molecule has 0 saturated heterocycles. The molecule has 0 heterocycles. The summed E-state index contributed by atoms with van der Waals surface area (Å²) in [4.78, 5) is 0. The minimum Gasteiger partial charge on any atom is -0.207 e. The van der Waals surface area contributed by atoms with Crippen LogP contribution in [0.3, 0.4) is 0 Å². The first-order chi connectivity index (χ1) is 6.25. The number of hydrogen-bond acceptors (Lipinski definition) is 0. The second-order valence-corrected chi connectivity index (χ2v) is 4.85. The Bertz CT molecular complexity index is 367. The minimum atomic E-state index is -0.831. The molecule has 1 aromatic carbocycles. The molecule has 0 radical (unpaired) electrons. The van der Waals surface area contributed by atoms with E-state index in [1.807, 2.05) is 0 Å². The van der Waals surface area contributed by atoms with E-state index in [0.29, 0.717) is 0 Å². The third kappa shape index (κ3) is 2.01. The molecular formula is C10H10Cl2F2. The van der Waals surface area contributed by atoms with E-state index < -0.39 is 17.0 Å². The van der Waals surface area contributed by atoms with Crippen LogP contribution >= 0.6 is 23.2 Å². The van der Waals surface area contributed by atoms with Gasteiger partial charge in [-0.2, -0.15) is 0 Å². The average molecular weight is 239 g/mol. The first-order valence-corrected chi connectivity index (χ1v) is 4.84. The second-order valence-electron chi connectivity index (χ2n) is 4.09. The zero-order chi connectivity index (χ0) is 11.1. The zero-order valence-electron chi connectivity index (χ0n) is 8.09. The number of rotatable bonds is 0. The van der Waals surface area contributed by atoms with Crippen LogP contribution in [0.15, 0.2) is 6.07 Å². The van der Waals surface area contributed by atoms with Crippen molar-refractivity contribution >= 4 is 23.2 Å². The molecule has 0 spiro atoms. The van der Waals surface area contributed by atoms with Gasteiger partial charge in [-0.1, -0.05) is 44.0 Å². The molecule has 0 aliphatic carbocycles. The molecule has 1 rings (SSSR count). The van der Waals surface area contributed by atoms with E-state index >= 15 is 0 Å². The zero-order valence-corrected chi connectivity index (χ0v) is 9.60. The van der Waals surface area contributed by atoms with Gasteiger partial charge in [0.1, 0.15) is 11.6 Å². The average Bonchev–Trinajstić information content (AvgIpc) is 1.97. The van der Waals surface area contributed by atoms with Gasteiger partial charge in [0.2, 0.25) is 0 Å². The molecule has 0 saturated carbocycles. The third-order valence-electron chi connectivity index (χ3n) is 1.86. The molecule has 0 bridgehead atoms. The molecule has 78 valence electrons. The summed E-state index contributed by atoms with van der Waals surface area (Å²) < 4.78 is 26.4. The lowest BCUT2D eigenvalue weighted by Crippen LogP contribution is -2.15. The van der Waals surface area contributed by atoms with Gasteiger partial charge in [-0.25, -0.2) is 8.78 Å². The van der Waals surface area contributed by atoms with Crippen LogP contribution in [-0.4, -0.2) is 0 Å². The monoisotopic (exact) mass is 238 g/mol. The molecule has 14 heavy (non-hydrogen) atoms. The Kier molecular flexibility index (Phi) is 3.07. The van der Waals surface area contributed by atoms with Gasteiger partial charge in [-0.3, -0.25) is 0 Å². The Hall–Kier alpha value is -0.340. The van der Waals surface area contributed by atoms with Crippen molar-refractivity contribution in [3.05, 3.63) is 33.3 Å². The van der Waals surface area contributed by atoms with Crippen molar-refractivity contribution in [3.8, 4) is 0 Å². The van der Waals surface area contributed by atoms with Gasteiger partial charge in [-0.05, 0) is 5.41 Å². The lowest BCUT2D eigenvalue weighted by atomic mass is 9.86. The summed E-state index contributed by atoms with van der Waals surface area (Å²) in [5.41, 5.74) is -0.260. The maximum atomic E-state index is 13.4. The predicted octanol–water partition coefficient (Wildman–Crippen LogP) is 4.57. The lowest BCUT2D eigenvalue weighted by molar-refractivity contribution is 0.511. The molecule has 1 aromatic rings. The van der Waals surface area contributed by atoms with E-state index in [1.54, 1.807) is 20.8 Å². The molecule has 0 aliphatic rings. The summed E-state index contributed by atoms with van der Waals surface area (Å²) in [6, 6.07) is 0.759. The molecule has 0 aromatic heterocycles. The fourth-order valence-electron chi connectivity index (χ4n) is 1.25. The minimum absolute atomic E-state index is 0.0448. The van der Waals surface area contributed by atoms with Gasteiger partial charge in [0, 0.05) is 11.6 Å². The normalized spacial score (nSPS) is 11.9. The van der Waals surface area contributed by atoms with Crippen molar-refractivity contribution in [3.63, 3.8) is 0 Å². The van der Waals surface area contributed by atoms with Crippen LogP contribution in [0, 0.1) is 11.6 Å². The summed E-state index contributed by atoms with van der Waals surface area (Å²) in [6.45, 7) is 5.35. The first-order valence-electron chi connectivity index (χ1n) is 4.08. The van der Waals surface area contributed by atoms with Crippen molar-refractivity contribution in [1.29, 1.82) is 0 Å². The number of halogens is 4. The lowest BCUT2D eigenvalue weighted by Gasteiger charge is -2.22. The topological polar surface area (TPSA) is 0 Å². The van der Waals surface area contributed by atoms with Crippen molar-refractivity contribution in [2.45, 2.75) is 26.2 Å². The van der Waals surface area contributed by atoms with Crippen molar-refractivity contribution in [1.82, 2.24) is 0 Å². The van der Waals surface area contributed by atoms with Crippen LogP contribution < -0.4 is 0 Å². The Morgan fingerprint density at radius 2 is 1.50 bits per heavy atom. The van der Waals surface area contributed by atoms with Crippen LogP contribution in [-0.2, 0) is 5.41 Å². The molecule has 0 atom stereocenters. The molecule has 4 heteroatoms. The van der Waals surface area contributed by atoms with Crippen LogP contribution in [0.25, 0.3) is 0 Å². The van der Waals surface area contributed by atoms with E-state index in [1.165, 1.54) is 0 Å². The van der Waals surface area contributed by atoms with Crippen LogP contribution in [0.5, 0.6) is 0 Å². The Morgan fingerprint density at radius 1 is 1.00 bits per heavy atom. The largest absolute Gasteiger partial charge is 0.207 e. The number of benzene rings is 1. The van der Waals surface area contributed by atoms with E-state index in [9.17, 15) is 8.78 Å². The van der Waals surface area contributed by atoms with E-state index in [2.05, 4.69) is 0 Å². The van der Waals surface area contributed by atoms with Gasteiger partial charge < -0.3 is 0 Å². The Morgan fingerprint density at radius 3 is 1.93 bits per heavy atom. The quantitative estimate of drug-likeness (QED) is 0.459. The Balaban J connectivity index is 3.53. The summed E-state index contributed by atoms with van der Waals surface area (Å²) >= 11 is 11.4. The second kappa shape index (κ2) is 3.67. The molecule has 0 N–H and O–H groups in total. The highest BCUT2D eigenvalue weighted by molar-refractivity contribution is 6.42. The predicted molar refractivity (Wildman–Crippen MR) is 55.1 cm³/mol. The van der Waals surface area contributed by atoms with Crippen molar-refractivity contribution < 1.29 is 8.78 Å². The standard InChI is InChI=1S/C10H10Cl2F2/c1-10(2,3)7-5(13)4-6(14)8(11)9(7)12/h4H,1-3H3. The molecule has 0 fully saturated rings. The van der Waals surface area contributed by atoms with Crippen LogP contribution in [0.4, 0.5) is 8.78 Å². The fraction of sp³-hybridized carbons (Fsp3) is 0.400. The van der Waals surface area contributed by atoms with E-state index in [-0.39, 0.29) is 15.6 Å². The molecule has 0 unspecified atom stereocenters. The highest BCUT2D eigenvalue weighted by Crippen LogP contribution is 2.37. The highest BCUT2D eigenvalue weighted by Gasteiger charge is 2.25. The fourth-order valence-corrected chi connectivity index (χ4v) is 1.87. The SMILES string of the molecule is CC(C)(C)c1c(F)cc(F)c(Cl)c1Cl. The molecule has 0 amide bonds. The van der Waals surface area contributed by atoms with Gasteiger partial charge in [0.05, 0.1) is 10.0 Å². The summed E-state index contributed by atoms with van der Waals surface area (Å²) in [6.07, 6.45) is 0. The molecular weight excluding hydrogens is 229 g/mol. The summed E-state index contributed by atoms with van der Waals surface area (Å²) in [5.74, 6) is -1.49. The highest BCUT2D eigenvalue weighted by atomic mass is 35.5. The maximum absolute atomic E-state index is 13.4.